The van der Waals surface area contributed by atoms with Crippen molar-refractivity contribution < 1.29 is 15.0 Å². The van der Waals surface area contributed by atoms with Gasteiger partial charge in [-0.05, 0) is 19.4 Å². The largest absolute Gasteiger partial charge is 0.480 e. The third-order valence-corrected chi connectivity index (χ3v) is 1.93. The van der Waals surface area contributed by atoms with Gasteiger partial charge in [-0.3, -0.25) is 9.69 Å². The first kappa shape index (κ1) is 12.9. The second-order valence-corrected chi connectivity index (χ2v) is 3.04. The summed E-state index contributed by atoms with van der Waals surface area (Å²) in [5.41, 5.74) is 0. The maximum atomic E-state index is 10.9. The van der Waals surface area contributed by atoms with Crippen molar-refractivity contribution in [2.75, 3.05) is 19.7 Å². The zero-order chi connectivity index (χ0) is 11.0. The van der Waals surface area contributed by atoms with E-state index in [2.05, 4.69) is 5.92 Å². The van der Waals surface area contributed by atoms with Crippen LogP contribution < -0.4 is 0 Å². The maximum Gasteiger partial charge on any atom is 0.321 e. The fourth-order valence-electron chi connectivity index (χ4n) is 1.33. The van der Waals surface area contributed by atoms with Gasteiger partial charge in [0, 0.05) is 6.61 Å². The molecule has 80 valence electrons. The van der Waals surface area contributed by atoms with E-state index in [1.807, 2.05) is 6.92 Å². The van der Waals surface area contributed by atoms with Gasteiger partial charge < -0.3 is 10.2 Å². The molecule has 0 unspecified atom stereocenters. The molecule has 0 amide bonds. The van der Waals surface area contributed by atoms with Crippen molar-refractivity contribution in [3.05, 3.63) is 0 Å². The molecule has 0 aliphatic rings. The minimum atomic E-state index is -0.928. The average molecular weight is 199 g/mol. The first-order chi connectivity index (χ1) is 6.67. The van der Waals surface area contributed by atoms with E-state index in [0.29, 0.717) is 13.1 Å². The zero-order valence-electron chi connectivity index (χ0n) is 8.44. The highest BCUT2D eigenvalue weighted by atomic mass is 16.4. The smallest absolute Gasteiger partial charge is 0.321 e. The number of terminal acetylenes is 1. The molecule has 0 aromatic heterocycles. The summed E-state index contributed by atoms with van der Waals surface area (Å²) in [5, 5.41) is 17.6. The van der Waals surface area contributed by atoms with Crippen LogP contribution >= 0.6 is 0 Å². The summed E-state index contributed by atoms with van der Waals surface area (Å²) >= 11 is 0. The highest BCUT2D eigenvalue weighted by molar-refractivity contribution is 5.73. The van der Waals surface area contributed by atoms with Crippen LogP contribution in [0.3, 0.4) is 0 Å². The SMILES string of the molecule is C#CCN(CCC)[C@@H](CCO)C(=O)O. The van der Waals surface area contributed by atoms with Crippen molar-refractivity contribution >= 4 is 5.97 Å². The molecule has 4 nitrogen and oxygen atoms in total. The summed E-state index contributed by atoms with van der Waals surface area (Å²) in [7, 11) is 0. The zero-order valence-corrected chi connectivity index (χ0v) is 8.44. The fourth-order valence-corrected chi connectivity index (χ4v) is 1.33. The third kappa shape index (κ3) is 4.26. The molecule has 0 spiro atoms. The van der Waals surface area contributed by atoms with Crippen molar-refractivity contribution in [2.45, 2.75) is 25.8 Å². The second kappa shape index (κ2) is 7.36. The predicted molar refractivity (Wildman–Crippen MR) is 53.8 cm³/mol. The van der Waals surface area contributed by atoms with Crippen LogP contribution in [0.2, 0.25) is 0 Å². The standard InChI is InChI=1S/C10H17NO3/c1-3-6-11(7-4-2)9(5-8-12)10(13)14/h1,9,12H,4-8H2,2H3,(H,13,14)/t9-/m0/s1. The molecule has 2 N–H and O–H groups in total. The monoisotopic (exact) mass is 199 g/mol. The van der Waals surface area contributed by atoms with Gasteiger partial charge in [-0.1, -0.05) is 12.8 Å². The lowest BCUT2D eigenvalue weighted by atomic mass is 10.1. The number of carbonyl (C=O) groups is 1. The molecule has 0 heterocycles. The lowest BCUT2D eigenvalue weighted by Gasteiger charge is -2.25. The summed E-state index contributed by atoms with van der Waals surface area (Å²) < 4.78 is 0. The topological polar surface area (TPSA) is 60.8 Å². The normalized spacial score (nSPS) is 12.4. The van der Waals surface area contributed by atoms with Gasteiger partial charge in [0.05, 0.1) is 6.54 Å². The van der Waals surface area contributed by atoms with Gasteiger partial charge in [-0.15, -0.1) is 6.42 Å². The molecule has 0 rings (SSSR count). The van der Waals surface area contributed by atoms with Crippen molar-refractivity contribution in [1.29, 1.82) is 0 Å². The van der Waals surface area contributed by atoms with Crippen LogP contribution in [0.4, 0.5) is 0 Å². The van der Waals surface area contributed by atoms with Crippen LogP contribution in [0.5, 0.6) is 0 Å². The quantitative estimate of drug-likeness (QED) is 0.574. The van der Waals surface area contributed by atoms with Crippen molar-refractivity contribution in [1.82, 2.24) is 4.90 Å². The van der Waals surface area contributed by atoms with E-state index in [1.165, 1.54) is 0 Å². The van der Waals surface area contributed by atoms with Crippen LogP contribution in [-0.4, -0.2) is 46.8 Å². The maximum absolute atomic E-state index is 10.9. The van der Waals surface area contributed by atoms with E-state index in [1.54, 1.807) is 4.90 Å². The number of aliphatic hydroxyl groups is 1. The van der Waals surface area contributed by atoms with E-state index >= 15 is 0 Å². The van der Waals surface area contributed by atoms with E-state index < -0.39 is 12.0 Å². The molecule has 0 fully saturated rings. The summed E-state index contributed by atoms with van der Waals surface area (Å²) in [4.78, 5) is 12.6. The molecule has 0 aromatic carbocycles. The van der Waals surface area contributed by atoms with E-state index in [9.17, 15) is 4.79 Å². The molecule has 1 atom stereocenters. The first-order valence-corrected chi connectivity index (χ1v) is 4.68. The summed E-state index contributed by atoms with van der Waals surface area (Å²) in [6.45, 7) is 2.77. The van der Waals surface area contributed by atoms with Crippen molar-refractivity contribution in [2.24, 2.45) is 0 Å². The average Bonchev–Trinajstić information content (AvgIpc) is 2.13. The number of carboxylic acid groups (broad SMARTS) is 1. The number of aliphatic carboxylic acids is 1. The molecule has 0 aromatic rings. The van der Waals surface area contributed by atoms with Crippen LogP contribution in [0, 0.1) is 12.3 Å². The van der Waals surface area contributed by atoms with Crippen molar-refractivity contribution in [3.63, 3.8) is 0 Å². The summed E-state index contributed by atoms with van der Waals surface area (Å²) in [6, 6.07) is -0.670. The first-order valence-electron chi connectivity index (χ1n) is 4.68. The number of carboxylic acids is 1. The van der Waals surface area contributed by atoms with Gasteiger partial charge in [-0.2, -0.15) is 0 Å². The Morgan fingerprint density at radius 1 is 1.64 bits per heavy atom. The minimum absolute atomic E-state index is 0.137. The highest BCUT2D eigenvalue weighted by Crippen LogP contribution is 2.05. The number of hydrogen-bond acceptors (Lipinski definition) is 3. The Balaban J connectivity index is 4.38. The molecule has 14 heavy (non-hydrogen) atoms. The second-order valence-electron chi connectivity index (χ2n) is 3.04. The van der Waals surface area contributed by atoms with E-state index in [4.69, 9.17) is 16.6 Å². The lowest BCUT2D eigenvalue weighted by Crippen LogP contribution is -2.42. The Labute approximate surface area is 84.5 Å². The van der Waals surface area contributed by atoms with E-state index in [0.717, 1.165) is 6.42 Å². The summed E-state index contributed by atoms with van der Waals surface area (Å²) in [5.74, 6) is 1.50. The van der Waals surface area contributed by atoms with Gasteiger partial charge in [0.15, 0.2) is 0 Å². The Kier molecular flexibility index (Phi) is 6.81. The van der Waals surface area contributed by atoms with Gasteiger partial charge in [0.1, 0.15) is 6.04 Å². The van der Waals surface area contributed by atoms with Gasteiger partial charge >= 0.3 is 5.97 Å². The fraction of sp³-hybridized carbons (Fsp3) is 0.700. The van der Waals surface area contributed by atoms with Crippen LogP contribution in [0.25, 0.3) is 0 Å². The Morgan fingerprint density at radius 2 is 2.29 bits per heavy atom. The Hall–Kier alpha value is -1.05. The third-order valence-electron chi connectivity index (χ3n) is 1.93. The number of aliphatic hydroxyl groups excluding tert-OH is 1. The molecule has 0 aliphatic heterocycles. The lowest BCUT2D eigenvalue weighted by molar-refractivity contribution is -0.143. The molecule has 0 radical (unpaired) electrons. The van der Waals surface area contributed by atoms with Gasteiger partial charge in [0.2, 0.25) is 0 Å². The molecule has 0 saturated carbocycles. The predicted octanol–water partition coefficient (Wildman–Crippen LogP) is 0.167. The summed E-state index contributed by atoms with van der Waals surface area (Å²) in [6.07, 6.45) is 6.21. The molecule has 0 aliphatic carbocycles. The Morgan fingerprint density at radius 3 is 2.64 bits per heavy atom. The van der Waals surface area contributed by atoms with Crippen LogP contribution in [0.15, 0.2) is 0 Å². The molecular weight excluding hydrogens is 182 g/mol. The van der Waals surface area contributed by atoms with Gasteiger partial charge in [0.25, 0.3) is 0 Å². The molecular formula is C10H17NO3. The number of nitrogens with zero attached hydrogens (tertiary/aromatic N) is 1. The molecule has 4 heteroatoms. The Bertz CT molecular complexity index is 210. The van der Waals surface area contributed by atoms with E-state index in [-0.39, 0.29) is 13.0 Å². The molecule has 0 bridgehead atoms. The van der Waals surface area contributed by atoms with Crippen LogP contribution in [-0.2, 0) is 4.79 Å². The van der Waals surface area contributed by atoms with Gasteiger partial charge in [-0.25, -0.2) is 0 Å². The minimum Gasteiger partial charge on any atom is -0.480 e. The molecule has 0 saturated heterocycles. The highest BCUT2D eigenvalue weighted by Gasteiger charge is 2.23. The number of hydrogen-bond donors (Lipinski definition) is 2. The van der Waals surface area contributed by atoms with Crippen molar-refractivity contribution in [3.8, 4) is 12.3 Å². The number of rotatable bonds is 7. The van der Waals surface area contributed by atoms with Crippen LogP contribution in [0.1, 0.15) is 19.8 Å².